The maximum absolute atomic E-state index is 10.5. The zero-order valence-corrected chi connectivity index (χ0v) is 9.39. The largest absolute Gasteiger partial charge is 0.365 e. The second-order valence-electron chi connectivity index (χ2n) is 3.42. The Morgan fingerprint density at radius 2 is 2.11 bits per heavy atom. The maximum Gasteiger partial charge on any atom is 0.269 e. The van der Waals surface area contributed by atoms with Crippen molar-refractivity contribution in [1.29, 1.82) is 0 Å². The molecule has 1 aromatic carbocycles. The number of tetrazole rings is 1. The van der Waals surface area contributed by atoms with Gasteiger partial charge in [0.25, 0.3) is 11.6 Å². The smallest absolute Gasteiger partial charge is 0.269 e. The van der Waals surface area contributed by atoms with Crippen LogP contribution >= 0.6 is 0 Å². The SMILES string of the molecule is C/C(=N\n1nnnc1N)c1ccc([N+](=O)[O-])cc1. The van der Waals surface area contributed by atoms with Crippen LogP contribution in [0, 0.1) is 10.1 Å². The molecule has 0 radical (unpaired) electrons. The van der Waals surface area contributed by atoms with Crippen LogP contribution in [0.15, 0.2) is 29.4 Å². The van der Waals surface area contributed by atoms with Crippen LogP contribution in [0.4, 0.5) is 11.6 Å². The minimum absolute atomic E-state index is 0.0217. The summed E-state index contributed by atoms with van der Waals surface area (Å²) < 4.78 is 0. The summed E-state index contributed by atoms with van der Waals surface area (Å²) in [6, 6.07) is 5.99. The number of nitro benzene ring substituents is 1. The van der Waals surface area contributed by atoms with Crippen LogP contribution in [0.2, 0.25) is 0 Å². The second-order valence-corrected chi connectivity index (χ2v) is 3.42. The third-order valence-corrected chi connectivity index (χ3v) is 2.22. The minimum atomic E-state index is -0.463. The van der Waals surface area contributed by atoms with Gasteiger partial charge >= 0.3 is 0 Å². The van der Waals surface area contributed by atoms with Crippen LogP contribution in [0.1, 0.15) is 12.5 Å². The van der Waals surface area contributed by atoms with Crippen LogP contribution in [0.25, 0.3) is 0 Å². The Kier molecular flexibility index (Phi) is 2.96. The van der Waals surface area contributed by atoms with Gasteiger partial charge in [0.05, 0.1) is 10.6 Å². The summed E-state index contributed by atoms with van der Waals surface area (Å²) in [5.41, 5.74) is 6.79. The lowest BCUT2D eigenvalue weighted by Gasteiger charge is -2.00. The zero-order chi connectivity index (χ0) is 13.1. The van der Waals surface area contributed by atoms with E-state index in [9.17, 15) is 10.1 Å². The van der Waals surface area contributed by atoms with Crippen LogP contribution in [0.5, 0.6) is 0 Å². The molecule has 0 atom stereocenters. The van der Waals surface area contributed by atoms with E-state index in [2.05, 4.69) is 20.6 Å². The van der Waals surface area contributed by atoms with E-state index in [1.807, 2.05) is 0 Å². The molecule has 1 heterocycles. The van der Waals surface area contributed by atoms with Gasteiger partial charge in [0, 0.05) is 12.1 Å². The number of hydrogen-bond donors (Lipinski definition) is 1. The number of rotatable bonds is 3. The third kappa shape index (κ3) is 2.29. The molecule has 2 N–H and O–H groups in total. The molecule has 9 heteroatoms. The van der Waals surface area contributed by atoms with Crippen molar-refractivity contribution in [1.82, 2.24) is 20.3 Å². The predicted molar refractivity (Wildman–Crippen MR) is 62.9 cm³/mol. The van der Waals surface area contributed by atoms with E-state index in [0.29, 0.717) is 5.71 Å². The molecule has 0 aliphatic carbocycles. The van der Waals surface area contributed by atoms with Crippen molar-refractivity contribution >= 4 is 17.3 Å². The van der Waals surface area contributed by atoms with E-state index >= 15 is 0 Å². The maximum atomic E-state index is 10.5. The van der Waals surface area contributed by atoms with Crippen molar-refractivity contribution in [3.05, 3.63) is 39.9 Å². The Morgan fingerprint density at radius 1 is 1.44 bits per heavy atom. The van der Waals surface area contributed by atoms with Gasteiger partial charge in [-0.2, -0.15) is 5.10 Å². The van der Waals surface area contributed by atoms with Gasteiger partial charge in [0.2, 0.25) is 0 Å². The molecule has 0 aliphatic heterocycles. The summed E-state index contributed by atoms with van der Waals surface area (Å²) in [4.78, 5) is 11.1. The van der Waals surface area contributed by atoms with Gasteiger partial charge in [0.1, 0.15) is 0 Å². The third-order valence-electron chi connectivity index (χ3n) is 2.22. The lowest BCUT2D eigenvalue weighted by molar-refractivity contribution is -0.384. The number of non-ortho nitro benzene ring substituents is 1. The van der Waals surface area contributed by atoms with Gasteiger partial charge in [-0.3, -0.25) is 10.1 Å². The number of nitro groups is 1. The first-order valence-electron chi connectivity index (χ1n) is 4.92. The lowest BCUT2D eigenvalue weighted by atomic mass is 10.1. The van der Waals surface area contributed by atoms with E-state index in [1.165, 1.54) is 12.1 Å². The number of nitrogens with two attached hydrogens (primary N) is 1. The number of hydrogen-bond acceptors (Lipinski definition) is 7. The number of nitrogen functional groups attached to an aromatic ring is 1. The Bertz CT molecular complexity index is 602. The van der Waals surface area contributed by atoms with Crippen molar-refractivity contribution in [3.63, 3.8) is 0 Å². The molecule has 0 unspecified atom stereocenters. The van der Waals surface area contributed by atoms with Crippen molar-refractivity contribution in [2.24, 2.45) is 5.10 Å². The molecule has 18 heavy (non-hydrogen) atoms. The highest BCUT2D eigenvalue weighted by Crippen LogP contribution is 2.12. The number of aromatic nitrogens is 4. The van der Waals surface area contributed by atoms with Crippen molar-refractivity contribution in [2.45, 2.75) is 6.92 Å². The molecule has 2 aromatic rings. The first-order valence-corrected chi connectivity index (χ1v) is 4.92. The average molecular weight is 247 g/mol. The van der Waals surface area contributed by atoms with Crippen LogP contribution in [0.3, 0.4) is 0 Å². The van der Waals surface area contributed by atoms with Gasteiger partial charge in [-0.1, -0.05) is 9.89 Å². The molecule has 0 saturated heterocycles. The number of benzene rings is 1. The Balaban J connectivity index is 2.29. The second kappa shape index (κ2) is 4.57. The fourth-order valence-electron chi connectivity index (χ4n) is 1.28. The summed E-state index contributed by atoms with van der Waals surface area (Å²) in [7, 11) is 0. The normalized spacial score (nSPS) is 11.5. The molecular formula is C9H9N7O2. The summed E-state index contributed by atoms with van der Waals surface area (Å²) in [5, 5.41) is 25.0. The zero-order valence-electron chi connectivity index (χ0n) is 9.39. The molecular weight excluding hydrogens is 238 g/mol. The Labute approximate surface area is 101 Å². The summed E-state index contributed by atoms with van der Waals surface area (Å²) in [6.07, 6.45) is 0. The fraction of sp³-hybridized carbons (Fsp3) is 0.111. The van der Waals surface area contributed by atoms with Crippen LogP contribution in [-0.4, -0.2) is 31.0 Å². The highest BCUT2D eigenvalue weighted by atomic mass is 16.6. The molecule has 0 fully saturated rings. The van der Waals surface area contributed by atoms with Gasteiger partial charge < -0.3 is 5.73 Å². The van der Waals surface area contributed by atoms with Gasteiger partial charge in [-0.05, 0) is 35.0 Å². The van der Waals surface area contributed by atoms with Gasteiger partial charge in [-0.15, -0.1) is 0 Å². The highest BCUT2D eigenvalue weighted by Gasteiger charge is 2.06. The average Bonchev–Trinajstić information content (AvgIpc) is 2.75. The Morgan fingerprint density at radius 3 is 2.61 bits per heavy atom. The first kappa shape index (κ1) is 11.6. The number of nitrogens with zero attached hydrogens (tertiary/aromatic N) is 6. The molecule has 1 aromatic heterocycles. The van der Waals surface area contributed by atoms with E-state index < -0.39 is 4.92 Å². The van der Waals surface area contributed by atoms with Crippen LogP contribution < -0.4 is 5.73 Å². The van der Waals surface area contributed by atoms with Gasteiger partial charge in [-0.25, -0.2) is 0 Å². The first-order chi connectivity index (χ1) is 8.58. The van der Waals surface area contributed by atoms with Crippen LogP contribution in [-0.2, 0) is 0 Å². The highest BCUT2D eigenvalue weighted by molar-refractivity contribution is 5.98. The molecule has 92 valence electrons. The van der Waals surface area contributed by atoms with Crippen molar-refractivity contribution in [2.75, 3.05) is 5.73 Å². The molecule has 0 saturated carbocycles. The minimum Gasteiger partial charge on any atom is -0.365 e. The summed E-state index contributed by atoms with van der Waals surface area (Å²) in [6.45, 7) is 1.72. The fourth-order valence-corrected chi connectivity index (χ4v) is 1.28. The molecule has 9 nitrogen and oxygen atoms in total. The summed E-state index contributed by atoms with van der Waals surface area (Å²) in [5.74, 6) is 0.0660. The van der Waals surface area contributed by atoms with E-state index in [1.54, 1.807) is 19.1 Å². The lowest BCUT2D eigenvalue weighted by Crippen LogP contribution is -2.04. The van der Waals surface area contributed by atoms with Gasteiger partial charge in [0.15, 0.2) is 0 Å². The molecule has 0 amide bonds. The molecule has 0 aliphatic rings. The number of anilines is 1. The molecule has 2 rings (SSSR count). The van der Waals surface area contributed by atoms with E-state index in [-0.39, 0.29) is 11.6 Å². The monoisotopic (exact) mass is 247 g/mol. The van der Waals surface area contributed by atoms with E-state index in [4.69, 9.17) is 5.73 Å². The Hall–Kier alpha value is -2.84. The predicted octanol–water partition coefficient (Wildman–Crippen LogP) is 0.436. The molecule has 0 spiro atoms. The summed E-state index contributed by atoms with van der Waals surface area (Å²) >= 11 is 0. The van der Waals surface area contributed by atoms with Crippen molar-refractivity contribution < 1.29 is 4.92 Å². The quantitative estimate of drug-likeness (QED) is 0.476. The topological polar surface area (TPSA) is 125 Å². The van der Waals surface area contributed by atoms with Crippen molar-refractivity contribution in [3.8, 4) is 0 Å². The van der Waals surface area contributed by atoms with E-state index in [0.717, 1.165) is 10.4 Å². The standard InChI is InChI=1S/C9H9N7O2/c1-6(12-15-9(10)11-13-14-15)7-2-4-8(5-3-7)16(17)18/h2-5H,1H3,(H2,10,11,14)/b12-6+. The molecule has 0 bridgehead atoms.